The van der Waals surface area contributed by atoms with Gasteiger partial charge in [0.1, 0.15) is 0 Å². The summed E-state index contributed by atoms with van der Waals surface area (Å²) in [5.74, 6) is -0.353. The van der Waals surface area contributed by atoms with Gasteiger partial charge in [-0.05, 0) is 18.1 Å². The second kappa shape index (κ2) is 4.39. The van der Waals surface area contributed by atoms with Gasteiger partial charge >= 0.3 is 5.97 Å². The van der Waals surface area contributed by atoms with E-state index in [4.69, 9.17) is 4.74 Å². The number of nitrogens with one attached hydrogen (secondary N) is 1. The second-order valence-electron chi connectivity index (χ2n) is 3.77. The van der Waals surface area contributed by atoms with Crippen LogP contribution in [0.1, 0.15) is 24.8 Å². The van der Waals surface area contributed by atoms with Crippen LogP contribution in [0.4, 0.5) is 0 Å². The zero-order chi connectivity index (χ0) is 11.5. The van der Waals surface area contributed by atoms with Crippen LogP contribution in [0.2, 0.25) is 0 Å². The van der Waals surface area contributed by atoms with Gasteiger partial charge in [-0.15, -0.1) is 0 Å². The fourth-order valence-corrected chi connectivity index (χ4v) is 2.04. The largest absolute Gasteiger partial charge is 0.469 e. The highest BCUT2D eigenvalue weighted by atomic mass is 16.5. The Bertz CT molecular complexity index is 501. The number of methoxy groups -OCH3 is 1. The molecule has 2 rings (SSSR count). The van der Waals surface area contributed by atoms with Crippen LogP contribution in [-0.4, -0.2) is 18.1 Å². The number of ether oxygens (including phenoxy) is 1. The number of rotatable bonds is 3. The molecular formula is C13H15NO2. The van der Waals surface area contributed by atoms with E-state index in [1.807, 2.05) is 37.4 Å². The molecule has 0 fully saturated rings. The molecule has 0 aliphatic carbocycles. The molecule has 84 valence electrons. The van der Waals surface area contributed by atoms with Crippen molar-refractivity contribution in [2.45, 2.75) is 19.3 Å². The van der Waals surface area contributed by atoms with Crippen molar-refractivity contribution in [1.29, 1.82) is 0 Å². The fraction of sp³-hybridized carbons (Fsp3) is 0.308. The van der Waals surface area contributed by atoms with Crippen molar-refractivity contribution in [3.8, 4) is 0 Å². The summed E-state index contributed by atoms with van der Waals surface area (Å²) in [5, 5.41) is 1.10. The molecule has 16 heavy (non-hydrogen) atoms. The summed E-state index contributed by atoms with van der Waals surface area (Å²) in [6.45, 7) is 1.99. The number of fused-ring (bicyclic) bond motifs is 1. The highest BCUT2D eigenvalue weighted by Gasteiger charge is 2.21. The molecule has 3 nitrogen and oxygen atoms in total. The van der Waals surface area contributed by atoms with Crippen LogP contribution in [-0.2, 0) is 9.53 Å². The maximum Gasteiger partial charge on any atom is 0.313 e. The smallest absolute Gasteiger partial charge is 0.313 e. The van der Waals surface area contributed by atoms with Crippen molar-refractivity contribution in [2.24, 2.45) is 0 Å². The van der Waals surface area contributed by atoms with Crippen molar-refractivity contribution in [1.82, 2.24) is 4.98 Å². The van der Waals surface area contributed by atoms with E-state index in [9.17, 15) is 4.79 Å². The van der Waals surface area contributed by atoms with E-state index in [0.717, 1.165) is 22.9 Å². The normalized spacial score (nSPS) is 12.6. The number of hydrogen-bond donors (Lipinski definition) is 1. The Kier molecular flexibility index (Phi) is 2.95. The van der Waals surface area contributed by atoms with Gasteiger partial charge in [0.15, 0.2) is 0 Å². The van der Waals surface area contributed by atoms with Gasteiger partial charge in [-0.2, -0.15) is 0 Å². The molecule has 2 aromatic rings. The summed E-state index contributed by atoms with van der Waals surface area (Å²) in [7, 11) is 1.43. The number of H-pyrrole nitrogens is 1. The van der Waals surface area contributed by atoms with E-state index < -0.39 is 0 Å². The average molecular weight is 217 g/mol. The van der Waals surface area contributed by atoms with Crippen molar-refractivity contribution in [2.75, 3.05) is 7.11 Å². The van der Waals surface area contributed by atoms with Gasteiger partial charge in [0.05, 0.1) is 13.0 Å². The molecule has 1 unspecified atom stereocenters. The Morgan fingerprint density at radius 3 is 2.88 bits per heavy atom. The molecule has 0 amide bonds. The summed E-state index contributed by atoms with van der Waals surface area (Å²) >= 11 is 0. The number of carbonyl (C=O) groups is 1. The third-order valence-corrected chi connectivity index (χ3v) is 2.89. The monoisotopic (exact) mass is 217 g/mol. The van der Waals surface area contributed by atoms with Gasteiger partial charge in [-0.25, -0.2) is 0 Å². The van der Waals surface area contributed by atoms with Crippen LogP contribution >= 0.6 is 0 Å². The molecule has 1 aromatic heterocycles. The second-order valence-corrected chi connectivity index (χ2v) is 3.77. The van der Waals surface area contributed by atoms with Gasteiger partial charge in [0, 0.05) is 17.1 Å². The van der Waals surface area contributed by atoms with Gasteiger partial charge in [0.2, 0.25) is 0 Å². The number of hydrogen-bond acceptors (Lipinski definition) is 2. The Balaban J connectivity index is 2.49. The number of carbonyl (C=O) groups excluding carboxylic acids is 1. The molecule has 1 heterocycles. The third-order valence-electron chi connectivity index (χ3n) is 2.89. The highest BCUT2D eigenvalue weighted by molar-refractivity contribution is 5.89. The molecule has 0 saturated heterocycles. The summed E-state index contributed by atoms with van der Waals surface area (Å²) in [4.78, 5) is 14.8. The first-order chi connectivity index (χ1) is 7.77. The van der Waals surface area contributed by atoms with Gasteiger partial charge in [-0.3, -0.25) is 4.79 Å². The van der Waals surface area contributed by atoms with Crippen LogP contribution in [0, 0.1) is 0 Å². The maximum atomic E-state index is 11.6. The Hall–Kier alpha value is -1.77. The zero-order valence-corrected chi connectivity index (χ0v) is 9.49. The molecule has 0 saturated carbocycles. The molecular weight excluding hydrogens is 202 g/mol. The van der Waals surface area contributed by atoms with Crippen molar-refractivity contribution < 1.29 is 9.53 Å². The minimum absolute atomic E-state index is 0.174. The predicted molar refractivity (Wildman–Crippen MR) is 63.3 cm³/mol. The lowest BCUT2D eigenvalue weighted by Gasteiger charge is -2.11. The minimum atomic E-state index is -0.179. The summed E-state index contributed by atoms with van der Waals surface area (Å²) in [6.07, 6.45) is 2.64. The van der Waals surface area contributed by atoms with Crippen LogP contribution < -0.4 is 0 Å². The molecule has 0 aliphatic rings. The lowest BCUT2D eigenvalue weighted by atomic mass is 9.96. The zero-order valence-electron chi connectivity index (χ0n) is 9.49. The minimum Gasteiger partial charge on any atom is -0.469 e. The van der Waals surface area contributed by atoms with E-state index in [-0.39, 0.29) is 11.9 Å². The number of aromatic amines is 1. The first-order valence-corrected chi connectivity index (χ1v) is 5.41. The molecule has 0 aliphatic heterocycles. The molecule has 0 radical (unpaired) electrons. The quantitative estimate of drug-likeness (QED) is 0.803. The summed E-state index contributed by atoms with van der Waals surface area (Å²) < 4.78 is 4.82. The highest BCUT2D eigenvalue weighted by Crippen LogP contribution is 2.28. The fourth-order valence-electron chi connectivity index (χ4n) is 2.04. The summed E-state index contributed by atoms with van der Waals surface area (Å²) in [6, 6.07) is 7.97. The third kappa shape index (κ3) is 1.69. The van der Waals surface area contributed by atoms with E-state index in [1.54, 1.807) is 0 Å². The Labute approximate surface area is 94.4 Å². The maximum absolute atomic E-state index is 11.6. The molecule has 3 heteroatoms. The number of benzene rings is 1. The molecule has 0 spiro atoms. The Morgan fingerprint density at radius 2 is 2.19 bits per heavy atom. The van der Waals surface area contributed by atoms with Crippen molar-refractivity contribution in [3.63, 3.8) is 0 Å². The standard InChI is InChI=1S/C13H15NO2/c1-3-9(13(15)16-2)11-8-14-12-7-5-4-6-10(11)12/h4-9,14H,3H2,1-2H3. The van der Waals surface area contributed by atoms with Crippen LogP contribution in [0.3, 0.4) is 0 Å². The lowest BCUT2D eigenvalue weighted by Crippen LogP contribution is -2.12. The molecule has 1 N–H and O–H groups in total. The summed E-state index contributed by atoms with van der Waals surface area (Å²) in [5.41, 5.74) is 2.07. The van der Waals surface area contributed by atoms with E-state index in [2.05, 4.69) is 4.98 Å². The molecule has 1 aromatic carbocycles. The topological polar surface area (TPSA) is 42.1 Å². The van der Waals surface area contributed by atoms with Gasteiger partial charge < -0.3 is 9.72 Å². The van der Waals surface area contributed by atoms with Crippen molar-refractivity contribution >= 4 is 16.9 Å². The van der Waals surface area contributed by atoms with Crippen LogP contribution in [0.15, 0.2) is 30.5 Å². The van der Waals surface area contributed by atoms with Gasteiger partial charge in [-0.1, -0.05) is 25.1 Å². The molecule has 0 bridgehead atoms. The van der Waals surface area contributed by atoms with E-state index in [1.165, 1.54) is 7.11 Å². The number of para-hydroxylation sites is 1. The van der Waals surface area contributed by atoms with E-state index in [0.29, 0.717) is 0 Å². The van der Waals surface area contributed by atoms with Gasteiger partial charge in [0.25, 0.3) is 0 Å². The Morgan fingerprint density at radius 1 is 1.44 bits per heavy atom. The SMILES string of the molecule is CCC(C(=O)OC)c1c[nH]c2ccccc12. The lowest BCUT2D eigenvalue weighted by molar-refractivity contribution is -0.142. The van der Waals surface area contributed by atoms with Crippen LogP contribution in [0.25, 0.3) is 10.9 Å². The number of aromatic nitrogens is 1. The number of esters is 1. The van der Waals surface area contributed by atoms with Crippen LogP contribution in [0.5, 0.6) is 0 Å². The molecule has 1 atom stereocenters. The van der Waals surface area contributed by atoms with E-state index >= 15 is 0 Å². The average Bonchev–Trinajstić information content (AvgIpc) is 2.74. The predicted octanol–water partition coefficient (Wildman–Crippen LogP) is 2.83. The van der Waals surface area contributed by atoms with Crippen molar-refractivity contribution in [3.05, 3.63) is 36.0 Å². The first kappa shape index (κ1) is 10.7. The first-order valence-electron chi connectivity index (χ1n) is 5.41.